The van der Waals surface area contributed by atoms with Crippen molar-refractivity contribution < 1.29 is 4.39 Å². The first-order chi connectivity index (χ1) is 13.8. The Kier molecular flexibility index (Phi) is 11.7. The lowest BCUT2D eigenvalue weighted by Crippen LogP contribution is -2.43. The summed E-state index contributed by atoms with van der Waals surface area (Å²) in [6.45, 7) is 23.6. The van der Waals surface area contributed by atoms with E-state index in [0.717, 1.165) is 56.7 Å². The van der Waals surface area contributed by atoms with Gasteiger partial charge in [-0.25, -0.2) is 9.40 Å². The Labute approximate surface area is 179 Å². The van der Waals surface area contributed by atoms with Crippen LogP contribution in [0.4, 0.5) is 4.39 Å². The molecule has 0 spiro atoms. The van der Waals surface area contributed by atoms with Crippen LogP contribution in [0.1, 0.15) is 59.8 Å². The number of rotatable bonds is 10. The summed E-state index contributed by atoms with van der Waals surface area (Å²) < 4.78 is 16.5. The molecule has 0 fully saturated rings. The molecule has 1 unspecified atom stereocenters. The molecule has 0 N–H and O–H groups in total. The molecule has 0 aromatic carbocycles. The van der Waals surface area contributed by atoms with Gasteiger partial charge in [-0.2, -0.15) is 0 Å². The lowest BCUT2D eigenvalue weighted by molar-refractivity contribution is 0.102. The van der Waals surface area contributed by atoms with E-state index in [4.69, 9.17) is 0 Å². The van der Waals surface area contributed by atoms with E-state index in [9.17, 15) is 4.39 Å². The molecule has 164 valence electrons. The molecule has 0 aromatic rings. The van der Waals surface area contributed by atoms with Crippen molar-refractivity contribution in [2.75, 3.05) is 32.0 Å². The molecule has 0 saturated carbocycles. The van der Waals surface area contributed by atoms with Gasteiger partial charge >= 0.3 is 0 Å². The van der Waals surface area contributed by atoms with Crippen LogP contribution in [-0.2, 0) is 0 Å². The van der Waals surface area contributed by atoms with Gasteiger partial charge < -0.3 is 0 Å². The second-order valence-corrected chi connectivity index (χ2v) is 10.8. The van der Waals surface area contributed by atoms with Crippen molar-refractivity contribution in [3.63, 3.8) is 0 Å². The Balaban J connectivity index is 3.22. The minimum Gasteiger partial charge on any atom is -0.290 e. The number of hydrogen-bond acceptors (Lipinski definition) is 3. The number of nitrogens with zero attached hydrogens (tertiary/aromatic N) is 3. The van der Waals surface area contributed by atoms with Gasteiger partial charge in [0, 0.05) is 26.9 Å². The number of unbranched alkanes of at least 4 members (excludes halogenated alkanes) is 1. The Morgan fingerprint density at radius 3 is 2.76 bits per heavy atom. The van der Waals surface area contributed by atoms with Crippen LogP contribution in [-0.4, -0.2) is 48.0 Å². The Morgan fingerprint density at radius 1 is 1.41 bits per heavy atom. The van der Waals surface area contributed by atoms with Gasteiger partial charge in [0.25, 0.3) is 0 Å². The summed E-state index contributed by atoms with van der Waals surface area (Å²) in [5.74, 6) is -0.259. The Morgan fingerprint density at radius 2 is 2.14 bits per heavy atom. The second-order valence-electron chi connectivity index (χ2n) is 8.29. The lowest BCUT2D eigenvalue weighted by atomic mass is 9.81. The average Bonchev–Trinajstić information content (AvgIpc) is 2.71. The van der Waals surface area contributed by atoms with Gasteiger partial charge in [0.2, 0.25) is 0 Å². The van der Waals surface area contributed by atoms with Crippen LogP contribution in [0.3, 0.4) is 0 Å². The van der Waals surface area contributed by atoms with Crippen molar-refractivity contribution >= 4 is 14.3 Å². The molecule has 1 aliphatic heterocycles. The maximum absolute atomic E-state index is 14.0. The van der Waals surface area contributed by atoms with Gasteiger partial charge in [0.1, 0.15) is 5.83 Å². The summed E-state index contributed by atoms with van der Waals surface area (Å²) in [7, 11) is -0.399. The smallest absolute Gasteiger partial charge is 0.137 e. The first-order valence-corrected chi connectivity index (χ1v) is 12.6. The number of allylic oxidation sites excluding steroid dienone is 4. The van der Waals surface area contributed by atoms with Crippen LogP contribution in [0.5, 0.6) is 0 Å². The zero-order valence-electron chi connectivity index (χ0n) is 19.1. The highest BCUT2D eigenvalue weighted by molar-refractivity contribution is 7.55. The van der Waals surface area contributed by atoms with Crippen LogP contribution < -0.4 is 0 Å². The fraction of sp³-hybridized carbons (Fsp3) is 0.625. The normalized spacial score (nSPS) is 21.0. The molecule has 1 atom stereocenters. The van der Waals surface area contributed by atoms with Gasteiger partial charge in [0.15, 0.2) is 0 Å². The van der Waals surface area contributed by atoms with E-state index < -0.39 is 8.07 Å². The first kappa shape index (κ1) is 25.8. The molecule has 0 aromatic heterocycles. The van der Waals surface area contributed by atoms with Crippen molar-refractivity contribution in [2.45, 2.75) is 59.8 Å². The first-order valence-electron chi connectivity index (χ1n) is 10.9. The summed E-state index contributed by atoms with van der Waals surface area (Å²) in [6.07, 6.45) is 12.1. The average molecular weight is 422 g/mol. The molecule has 0 saturated heterocycles. The van der Waals surface area contributed by atoms with Crippen LogP contribution in [0.15, 0.2) is 54.0 Å². The molecule has 0 amide bonds. The summed E-state index contributed by atoms with van der Waals surface area (Å²) >= 11 is 0. The highest BCUT2D eigenvalue weighted by atomic mass is 31.1. The standard InChI is InChI=1S/C24H41FN3P/c1-8-11-13-22(5)28(29(10-3)18-12-9-2)27-17-16-26-19-23(25)14-15-24(6,7)21(4)20-27/h9,14,19H,2,4-5,8,10-13,15-18,20H2,1,3,6-7H3/b23-14+,26-19?. The van der Waals surface area contributed by atoms with Crippen LogP contribution in [0.2, 0.25) is 0 Å². The monoisotopic (exact) mass is 421 g/mol. The van der Waals surface area contributed by atoms with E-state index in [1.165, 1.54) is 11.9 Å². The van der Waals surface area contributed by atoms with Crippen molar-refractivity contribution in [1.82, 2.24) is 9.79 Å². The maximum Gasteiger partial charge on any atom is 0.137 e. The molecular weight excluding hydrogens is 380 g/mol. The number of hydrazine groups is 1. The van der Waals surface area contributed by atoms with Gasteiger partial charge in [-0.1, -0.05) is 58.9 Å². The number of aliphatic imine (C=N–C) groups is 1. The SMILES string of the molecule is C=CCCP(CC)N(C(=C)CCCC)N1CCN=C/C(F)=C\CC(C)(C)C(=C)C1. The highest BCUT2D eigenvalue weighted by Gasteiger charge is 2.29. The molecule has 0 bridgehead atoms. The lowest BCUT2D eigenvalue weighted by Gasteiger charge is -2.44. The third kappa shape index (κ3) is 8.56. The molecule has 5 heteroatoms. The summed E-state index contributed by atoms with van der Waals surface area (Å²) in [5.41, 5.74) is 2.12. The van der Waals surface area contributed by atoms with E-state index in [-0.39, 0.29) is 11.2 Å². The number of halogens is 1. The summed E-state index contributed by atoms with van der Waals surface area (Å²) in [6, 6.07) is 0. The molecular formula is C24H41FN3P. The fourth-order valence-corrected chi connectivity index (χ4v) is 5.50. The topological polar surface area (TPSA) is 18.8 Å². The molecule has 0 radical (unpaired) electrons. The fourth-order valence-electron chi connectivity index (χ4n) is 3.24. The van der Waals surface area contributed by atoms with Crippen molar-refractivity contribution in [3.05, 3.63) is 49.0 Å². The van der Waals surface area contributed by atoms with E-state index in [1.807, 2.05) is 6.08 Å². The van der Waals surface area contributed by atoms with E-state index >= 15 is 0 Å². The van der Waals surface area contributed by atoms with Crippen molar-refractivity contribution in [2.24, 2.45) is 10.4 Å². The second kappa shape index (κ2) is 13.1. The summed E-state index contributed by atoms with van der Waals surface area (Å²) in [4.78, 5) is 4.32. The third-order valence-electron chi connectivity index (χ3n) is 5.43. The predicted molar refractivity (Wildman–Crippen MR) is 129 cm³/mol. The molecule has 0 aliphatic carbocycles. The molecule has 29 heavy (non-hydrogen) atoms. The molecule has 1 rings (SSSR count). The number of hydrogen-bond donors (Lipinski definition) is 0. The van der Waals surface area contributed by atoms with Gasteiger partial charge in [-0.05, 0) is 49.5 Å². The van der Waals surface area contributed by atoms with Crippen LogP contribution in [0, 0.1) is 5.41 Å². The zero-order valence-corrected chi connectivity index (χ0v) is 20.0. The molecule has 1 heterocycles. The zero-order chi connectivity index (χ0) is 21.9. The maximum atomic E-state index is 14.0. The minimum absolute atomic E-state index is 0.180. The van der Waals surface area contributed by atoms with Crippen LogP contribution >= 0.6 is 8.07 Å². The Bertz CT molecular complexity index is 609. The van der Waals surface area contributed by atoms with E-state index in [2.05, 4.69) is 62.2 Å². The van der Waals surface area contributed by atoms with E-state index in [1.54, 1.807) is 6.08 Å². The van der Waals surface area contributed by atoms with Crippen molar-refractivity contribution in [3.8, 4) is 0 Å². The van der Waals surface area contributed by atoms with Crippen LogP contribution in [0.25, 0.3) is 0 Å². The molecule has 3 nitrogen and oxygen atoms in total. The molecule has 1 aliphatic rings. The largest absolute Gasteiger partial charge is 0.290 e. The van der Waals surface area contributed by atoms with E-state index in [0.29, 0.717) is 13.0 Å². The van der Waals surface area contributed by atoms with Crippen molar-refractivity contribution in [1.29, 1.82) is 0 Å². The Hall–Kier alpha value is -1.25. The van der Waals surface area contributed by atoms with Gasteiger partial charge in [0.05, 0.1) is 12.8 Å². The van der Waals surface area contributed by atoms with Gasteiger partial charge in [-0.3, -0.25) is 9.77 Å². The highest BCUT2D eigenvalue weighted by Crippen LogP contribution is 2.46. The summed E-state index contributed by atoms with van der Waals surface area (Å²) in [5, 5.41) is 2.38. The quantitative estimate of drug-likeness (QED) is 0.276. The minimum atomic E-state index is -0.399. The third-order valence-corrected chi connectivity index (χ3v) is 8.01. The van der Waals surface area contributed by atoms with Gasteiger partial charge in [-0.15, -0.1) is 6.58 Å². The predicted octanol–water partition coefficient (Wildman–Crippen LogP) is 7.11.